The minimum Gasteiger partial charge on any atom is -0.468 e. The molecule has 1 aromatic rings. The number of carbonyl (C=O) groups is 2. The molecule has 21 heavy (non-hydrogen) atoms. The van der Waals surface area contributed by atoms with Crippen LogP contribution in [0.1, 0.15) is 24.2 Å². The van der Waals surface area contributed by atoms with E-state index in [1.54, 1.807) is 13.8 Å². The molecule has 2 N–H and O–H groups in total. The summed E-state index contributed by atoms with van der Waals surface area (Å²) in [6.07, 6.45) is 0. The standard InChI is InChI=1S/C13H18N2O5S/c1-9(2)15(8-12(16)20-3)21(18,19)11-6-4-10(5-7-11)13(14)17/h4-7,9H,8H2,1-3H3,(H2,14,17). The van der Waals surface area contributed by atoms with Crippen molar-refractivity contribution in [3.05, 3.63) is 29.8 Å². The lowest BCUT2D eigenvalue weighted by molar-refractivity contribution is -0.141. The highest BCUT2D eigenvalue weighted by Gasteiger charge is 2.29. The maximum absolute atomic E-state index is 12.5. The largest absolute Gasteiger partial charge is 0.468 e. The molecule has 7 nitrogen and oxygen atoms in total. The molecule has 0 aliphatic rings. The van der Waals surface area contributed by atoms with E-state index >= 15 is 0 Å². The molecule has 1 rings (SSSR count). The predicted octanol–water partition coefficient (Wildman–Crippen LogP) is 0.358. The Morgan fingerprint density at radius 1 is 1.24 bits per heavy atom. The summed E-state index contributed by atoms with van der Waals surface area (Å²) < 4.78 is 30.5. The molecule has 0 radical (unpaired) electrons. The first-order chi connectivity index (χ1) is 9.70. The Bertz CT molecular complexity index is 622. The van der Waals surface area contributed by atoms with Gasteiger partial charge in [-0.25, -0.2) is 8.42 Å². The molecule has 0 atom stereocenters. The van der Waals surface area contributed by atoms with Gasteiger partial charge in [-0.1, -0.05) is 0 Å². The Morgan fingerprint density at radius 2 is 1.76 bits per heavy atom. The number of amides is 1. The van der Waals surface area contributed by atoms with E-state index in [1.807, 2.05) is 0 Å². The fourth-order valence-electron chi connectivity index (χ4n) is 1.66. The summed E-state index contributed by atoms with van der Waals surface area (Å²) >= 11 is 0. The van der Waals surface area contributed by atoms with Crippen LogP contribution in [0.2, 0.25) is 0 Å². The molecule has 116 valence electrons. The normalized spacial score (nSPS) is 11.7. The van der Waals surface area contributed by atoms with Gasteiger partial charge in [0, 0.05) is 11.6 Å². The summed E-state index contributed by atoms with van der Waals surface area (Å²) in [7, 11) is -2.68. The van der Waals surface area contributed by atoms with Gasteiger partial charge >= 0.3 is 5.97 Å². The molecule has 0 unspecified atom stereocenters. The van der Waals surface area contributed by atoms with E-state index in [-0.39, 0.29) is 17.0 Å². The van der Waals surface area contributed by atoms with Gasteiger partial charge in [0.2, 0.25) is 15.9 Å². The van der Waals surface area contributed by atoms with Crippen molar-refractivity contribution < 1.29 is 22.7 Å². The van der Waals surface area contributed by atoms with E-state index in [1.165, 1.54) is 31.4 Å². The van der Waals surface area contributed by atoms with Crippen LogP contribution < -0.4 is 5.73 Å². The van der Waals surface area contributed by atoms with Gasteiger partial charge in [-0.15, -0.1) is 0 Å². The molecule has 0 aliphatic carbocycles. The first kappa shape index (κ1) is 17.1. The third-order valence-electron chi connectivity index (χ3n) is 2.83. The maximum atomic E-state index is 12.5. The van der Waals surface area contributed by atoms with Gasteiger partial charge in [-0.2, -0.15) is 4.31 Å². The number of carbonyl (C=O) groups excluding carboxylic acids is 2. The van der Waals surface area contributed by atoms with Crippen LogP contribution in [0, 0.1) is 0 Å². The molecule has 0 saturated carbocycles. The Balaban J connectivity index is 3.16. The summed E-state index contributed by atoms with van der Waals surface area (Å²) in [5.74, 6) is -1.30. The number of rotatable bonds is 6. The first-order valence-corrected chi connectivity index (χ1v) is 7.62. The average Bonchev–Trinajstić information content (AvgIpc) is 2.43. The molecular formula is C13H18N2O5S. The highest BCUT2D eigenvalue weighted by atomic mass is 32.2. The second-order valence-corrected chi connectivity index (χ2v) is 6.50. The number of nitrogens with two attached hydrogens (primary N) is 1. The van der Waals surface area contributed by atoms with Crippen LogP contribution in [0.4, 0.5) is 0 Å². The van der Waals surface area contributed by atoms with Crippen molar-refractivity contribution >= 4 is 21.9 Å². The molecule has 0 fully saturated rings. The van der Waals surface area contributed by atoms with Crippen LogP contribution in [0.15, 0.2) is 29.2 Å². The number of methoxy groups -OCH3 is 1. The predicted molar refractivity (Wildman–Crippen MR) is 76.0 cm³/mol. The Labute approximate surface area is 123 Å². The van der Waals surface area contributed by atoms with Crippen LogP contribution in [-0.4, -0.2) is 44.3 Å². The van der Waals surface area contributed by atoms with Gasteiger partial charge in [0.15, 0.2) is 0 Å². The van der Waals surface area contributed by atoms with Crippen molar-refractivity contribution in [2.75, 3.05) is 13.7 Å². The minimum absolute atomic E-state index is 0.0231. The second-order valence-electron chi connectivity index (χ2n) is 4.61. The van der Waals surface area contributed by atoms with E-state index in [4.69, 9.17) is 5.73 Å². The van der Waals surface area contributed by atoms with Gasteiger partial charge in [-0.05, 0) is 38.1 Å². The van der Waals surface area contributed by atoms with Crippen LogP contribution in [0.3, 0.4) is 0 Å². The van der Waals surface area contributed by atoms with E-state index in [0.717, 1.165) is 4.31 Å². The number of hydrogen-bond acceptors (Lipinski definition) is 5. The molecule has 8 heteroatoms. The quantitative estimate of drug-likeness (QED) is 0.763. The molecular weight excluding hydrogens is 296 g/mol. The lowest BCUT2D eigenvalue weighted by Gasteiger charge is -2.24. The van der Waals surface area contributed by atoms with Gasteiger partial charge in [-0.3, -0.25) is 9.59 Å². The fraction of sp³-hybridized carbons (Fsp3) is 0.385. The number of ether oxygens (including phenoxy) is 1. The molecule has 0 saturated heterocycles. The monoisotopic (exact) mass is 314 g/mol. The molecule has 0 bridgehead atoms. The van der Waals surface area contributed by atoms with Crippen molar-refractivity contribution in [3.63, 3.8) is 0 Å². The van der Waals surface area contributed by atoms with E-state index < -0.39 is 27.9 Å². The number of hydrogen-bond donors (Lipinski definition) is 1. The summed E-state index contributed by atoms with van der Waals surface area (Å²) in [6.45, 7) is 2.92. The molecule has 1 amide bonds. The van der Waals surface area contributed by atoms with Crippen molar-refractivity contribution in [1.82, 2.24) is 4.31 Å². The molecule has 1 aromatic carbocycles. The summed E-state index contributed by atoms with van der Waals surface area (Å²) in [5.41, 5.74) is 5.31. The highest BCUT2D eigenvalue weighted by molar-refractivity contribution is 7.89. The summed E-state index contributed by atoms with van der Waals surface area (Å²) in [6, 6.07) is 4.78. The second kappa shape index (κ2) is 6.68. The lowest BCUT2D eigenvalue weighted by atomic mass is 10.2. The van der Waals surface area contributed by atoms with Crippen molar-refractivity contribution in [3.8, 4) is 0 Å². The van der Waals surface area contributed by atoms with Gasteiger partial charge < -0.3 is 10.5 Å². The first-order valence-electron chi connectivity index (χ1n) is 6.18. The Morgan fingerprint density at radius 3 is 2.14 bits per heavy atom. The van der Waals surface area contributed by atoms with Gasteiger partial charge in [0.25, 0.3) is 0 Å². The van der Waals surface area contributed by atoms with Crippen molar-refractivity contribution in [2.45, 2.75) is 24.8 Å². The molecule has 0 aliphatic heterocycles. The van der Waals surface area contributed by atoms with Crippen LogP contribution in [-0.2, 0) is 19.6 Å². The van der Waals surface area contributed by atoms with Crippen LogP contribution in [0.25, 0.3) is 0 Å². The van der Waals surface area contributed by atoms with Crippen molar-refractivity contribution in [2.24, 2.45) is 5.73 Å². The highest BCUT2D eigenvalue weighted by Crippen LogP contribution is 2.18. The van der Waals surface area contributed by atoms with E-state index in [9.17, 15) is 18.0 Å². The number of esters is 1. The zero-order valence-corrected chi connectivity index (χ0v) is 12.9. The molecule has 0 aromatic heterocycles. The SMILES string of the molecule is COC(=O)CN(C(C)C)S(=O)(=O)c1ccc(C(N)=O)cc1. The maximum Gasteiger partial charge on any atom is 0.321 e. The number of nitrogens with zero attached hydrogens (tertiary/aromatic N) is 1. The number of benzene rings is 1. The number of primary amides is 1. The van der Waals surface area contributed by atoms with Crippen LogP contribution >= 0.6 is 0 Å². The van der Waals surface area contributed by atoms with Gasteiger partial charge in [0.1, 0.15) is 6.54 Å². The molecule has 0 heterocycles. The van der Waals surface area contributed by atoms with E-state index in [0.29, 0.717) is 0 Å². The summed E-state index contributed by atoms with van der Waals surface area (Å²) in [4.78, 5) is 22.3. The fourth-order valence-corrected chi connectivity index (χ4v) is 3.24. The van der Waals surface area contributed by atoms with Gasteiger partial charge in [0.05, 0.1) is 12.0 Å². The number of sulfonamides is 1. The third-order valence-corrected chi connectivity index (χ3v) is 4.87. The average molecular weight is 314 g/mol. The van der Waals surface area contributed by atoms with Crippen molar-refractivity contribution in [1.29, 1.82) is 0 Å². The lowest BCUT2D eigenvalue weighted by Crippen LogP contribution is -2.41. The van der Waals surface area contributed by atoms with E-state index in [2.05, 4.69) is 4.74 Å². The Kier molecular flexibility index (Phi) is 5.45. The minimum atomic E-state index is -3.87. The zero-order chi connectivity index (χ0) is 16.2. The summed E-state index contributed by atoms with van der Waals surface area (Å²) in [5, 5.41) is 0. The smallest absolute Gasteiger partial charge is 0.321 e. The third kappa shape index (κ3) is 4.02. The topological polar surface area (TPSA) is 107 Å². The molecule has 0 spiro atoms. The Hall–Kier alpha value is -1.93. The zero-order valence-electron chi connectivity index (χ0n) is 12.1. The van der Waals surface area contributed by atoms with Crippen LogP contribution in [0.5, 0.6) is 0 Å².